The lowest BCUT2D eigenvalue weighted by atomic mass is 10.1. The van der Waals surface area contributed by atoms with E-state index in [1.807, 2.05) is 25.1 Å². The lowest BCUT2D eigenvalue weighted by molar-refractivity contribution is 0.0324. The van der Waals surface area contributed by atoms with Crippen molar-refractivity contribution in [2.24, 2.45) is 0 Å². The van der Waals surface area contributed by atoms with Gasteiger partial charge in [0.1, 0.15) is 0 Å². The van der Waals surface area contributed by atoms with Crippen molar-refractivity contribution in [3.05, 3.63) is 84.4 Å². The number of ether oxygens (including phenoxy) is 3. The summed E-state index contributed by atoms with van der Waals surface area (Å²) in [5.41, 5.74) is 1.32. The Morgan fingerprint density at radius 3 is 1.35 bits per heavy atom. The highest BCUT2D eigenvalue weighted by Crippen LogP contribution is 2.11. The van der Waals surface area contributed by atoms with Crippen LogP contribution in [0.5, 0.6) is 0 Å². The van der Waals surface area contributed by atoms with E-state index >= 15 is 0 Å². The van der Waals surface area contributed by atoms with Gasteiger partial charge in [0.2, 0.25) is 0 Å². The van der Waals surface area contributed by atoms with Crippen molar-refractivity contribution in [2.75, 3.05) is 52.9 Å². The molecule has 0 saturated carbocycles. The third kappa shape index (κ3) is 20.3. The van der Waals surface area contributed by atoms with Crippen LogP contribution >= 0.6 is 0 Å². The molecule has 0 heterocycles. The molecule has 0 unspecified atom stereocenters. The van der Waals surface area contributed by atoms with Gasteiger partial charge in [0.15, 0.2) is 0 Å². The van der Waals surface area contributed by atoms with Gasteiger partial charge < -0.3 is 24.4 Å². The summed E-state index contributed by atoms with van der Waals surface area (Å²) < 4.78 is 14.9. The van der Waals surface area contributed by atoms with Crippen LogP contribution in [0.2, 0.25) is 0 Å². The fourth-order valence-electron chi connectivity index (χ4n) is 2.51. The highest BCUT2D eigenvalue weighted by Gasteiger charge is 1.88. The summed E-state index contributed by atoms with van der Waals surface area (Å²) in [6, 6.07) is 27.0. The monoisotopic (exact) mass is 472 g/mol. The number of unbranched alkanes of at least 4 members (excludes halogenated alkanes) is 1. The summed E-state index contributed by atoms with van der Waals surface area (Å²) in [5.74, 6) is 0. The highest BCUT2D eigenvalue weighted by atomic mass is 16.5. The summed E-state index contributed by atoms with van der Waals surface area (Å²) in [6.45, 7) is 9.96. The van der Waals surface area contributed by atoms with Crippen LogP contribution in [-0.4, -0.2) is 63.1 Å². The van der Waals surface area contributed by atoms with Gasteiger partial charge in [-0.05, 0) is 31.0 Å². The highest BCUT2D eigenvalue weighted by molar-refractivity contribution is 5.81. The second-order valence-corrected chi connectivity index (χ2v) is 7.22. The summed E-state index contributed by atoms with van der Waals surface area (Å²) in [5, 5.41) is 19.0. The first-order valence-corrected chi connectivity index (χ1v) is 12.1. The molecule has 0 saturated heterocycles. The fraction of sp³-hybridized carbons (Fsp3) is 0.448. The van der Waals surface area contributed by atoms with Crippen molar-refractivity contribution >= 4 is 10.8 Å². The number of fused-ring (bicyclic) bond motifs is 1. The van der Waals surface area contributed by atoms with E-state index < -0.39 is 0 Å². The number of hydrogen-bond acceptors (Lipinski definition) is 5. The van der Waals surface area contributed by atoms with Crippen LogP contribution in [0.25, 0.3) is 10.8 Å². The van der Waals surface area contributed by atoms with E-state index in [9.17, 15) is 0 Å². The number of aliphatic hydroxyl groups excluding tert-OH is 2. The Balaban J connectivity index is 0.000000439. The topological polar surface area (TPSA) is 68.2 Å². The Bertz CT molecular complexity index is 702. The predicted octanol–water partition coefficient (Wildman–Crippen LogP) is 5.66. The van der Waals surface area contributed by atoms with Gasteiger partial charge in [-0.3, -0.25) is 0 Å². The van der Waals surface area contributed by atoms with Gasteiger partial charge >= 0.3 is 0 Å². The van der Waals surface area contributed by atoms with Crippen LogP contribution in [0.15, 0.2) is 78.9 Å². The van der Waals surface area contributed by atoms with Crippen molar-refractivity contribution in [1.82, 2.24) is 0 Å². The minimum Gasteiger partial charge on any atom is -0.394 e. The minimum absolute atomic E-state index is 0.0922. The summed E-state index contributed by atoms with van der Waals surface area (Å²) >= 11 is 0. The maximum Gasteiger partial charge on any atom is 0.0701 e. The van der Waals surface area contributed by atoms with Crippen LogP contribution < -0.4 is 0 Å². The van der Waals surface area contributed by atoms with Crippen LogP contribution in [0.4, 0.5) is 0 Å². The van der Waals surface area contributed by atoms with Crippen molar-refractivity contribution in [2.45, 2.75) is 33.6 Å². The van der Waals surface area contributed by atoms with Gasteiger partial charge in [-0.15, -0.1) is 0 Å². The largest absolute Gasteiger partial charge is 0.394 e. The Labute approximate surface area is 206 Å². The lowest BCUT2D eigenvalue weighted by Crippen LogP contribution is -2.07. The molecule has 3 aromatic carbocycles. The average Bonchev–Trinajstić information content (AvgIpc) is 2.89. The summed E-state index contributed by atoms with van der Waals surface area (Å²) in [7, 11) is 0. The Morgan fingerprint density at radius 1 is 0.559 bits per heavy atom. The van der Waals surface area contributed by atoms with E-state index in [0.29, 0.717) is 33.0 Å². The van der Waals surface area contributed by atoms with Gasteiger partial charge in [0.25, 0.3) is 0 Å². The van der Waals surface area contributed by atoms with Crippen molar-refractivity contribution in [3.63, 3.8) is 0 Å². The van der Waals surface area contributed by atoms with E-state index in [4.69, 9.17) is 24.4 Å². The third-order valence-corrected chi connectivity index (χ3v) is 4.29. The zero-order valence-corrected chi connectivity index (χ0v) is 21.2. The maximum atomic E-state index is 8.34. The molecule has 3 aromatic rings. The summed E-state index contributed by atoms with van der Waals surface area (Å²) in [6.07, 6.45) is 2.28. The van der Waals surface area contributed by atoms with Crippen LogP contribution in [0.1, 0.15) is 32.3 Å². The number of rotatable bonds is 11. The van der Waals surface area contributed by atoms with Gasteiger partial charge in [-0.1, -0.05) is 97.8 Å². The van der Waals surface area contributed by atoms with Gasteiger partial charge in [-0.2, -0.15) is 0 Å². The first kappa shape index (κ1) is 31.7. The molecule has 0 bridgehead atoms. The molecule has 0 radical (unpaired) electrons. The number of aryl methyl sites for hydroxylation is 1. The van der Waals surface area contributed by atoms with E-state index in [1.165, 1.54) is 16.3 Å². The molecule has 0 fully saturated rings. The average molecular weight is 473 g/mol. The lowest BCUT2D eigenvalue weighted by Gasteiger charge is -2.02. The Morgan fingerprint density at radius 2 is 1.00 bits per heavy atom. The molecule has 0 spiro atoms. The van der Waals surface area contributed by atoms with E-state index in [1.54, 1.807) is 0 Å². The second-order valence-electron chi connectivity index (χ2n) is 7.22. The molecule has 0 amide bonds. The van der Waals surface area contributed by atoms with Crippen molar-refractivity contribution < 1.29 is 24.4 Å². The maximum absolute atomic E-state index is 8.34. The molecule has 190 valence electrons. The van der Waals surface area contributed by atoms with Crippen LogP contribution in [-0.2, 0) is 14.2 Å². The van der Waals surface area contributed by atoms with E-state index in [0.717, 1.165) is 19.4 Å². The number of hydrogen-bond donors (Lipinski definition) is 2. The molecule has 3 rings (SSSR count). The van der Waals surface area contributed by atoms with Gasteiger partial charge in [0, 0.05) is 13.2 Å². The normalized spacial score (nSPS) is 9.68. The van der Waals surface area contributed by atoms with Crippen molar-refractivity contribution in [3.8, 4) is 0 Å². The third-order valence-electron chi connectivity index (χ3n) is 4.29. The molecule has 5 nitrogen and oxygen atoms in total. The molecular formula is C29H44O5. The minimum atomic E-state index is 0.0922. The van der Waals surface area contributed by atoms with Gasteiger partial charge in [-0.25, -0.2) is 0 Å². The number of aliphatic hydroxyl groups is 2. The smallest absolute Gasteiger partial charge is 0.0701 e. The zero-order chi connectivity index (χ0) is 25.1. The SMILES string of the molecule is CCCCOCCOCCO.CCOCCO.Cc1ccccc1.c1ccc2ccccc2c1. The Hall–Kier alpha value is -2.28. The molecule has 0 aliphatic carbocycles. The molecule has 5 heteroatoms. The standard InChI is InChI=1S/C10H8.C8H18O3.C7H8.C4H10O2/c1-2-6-10-8-4-3-7-9(10)5-1;1-2-3-5-10-7-8-11-6-4-9;1-7-5-3-2-4-6-7;1-2-6-4-3-5/h1-8H;9H,2-8H2,1H3;2-6H,1H3;5H,2-4H2,1H3. The second kappa shape index (κ2) is 25.3. The van der Waals surface area contributed by atoms with Crippen LogP contribution in [0, 0.1) is 6.92 Å². The molecular weight excluding hydrogens is 428 g/mol. The molecule has 0 atom stereocenters. The fourth-order valence-corrected chi connectivity index (χ4v) is 2.51. The summed E-state index contributed by atoms with van der Waals surface area (Å²) in [4.78, 5) is 0. The number of benzene rings is 3. The van der Waals surface area contributed by atoms with Crippen molar-refractivity contribution in [1.29, 1.82) is 0 Å². The molecule has 0 aromatic heterocycles. The van der Waals surface area contributed by atoms with Crippen LogP contribution in [0.3, 0.4) is 0 Å². The van der Waals surface area contributed by atoms with Gasteiger partial charge in [0.05, 0.1) is 39.6 Å². The molecule has 0 aliphatic heterocycles. The van der Waals surface area contributed by atoms with E-state index in [2.05, 4.69) is 74.5 Å². The molecule has 0 aliphatic rings. The first-order chi connectivity index (χ1) is 16.7. The molecule has 34 heavy (non-hydrogen) atoms. The quantitative estimate of drug-likeness (QED) is 0.352. The Kier molecular flexibility index (Phi) is 23.6. The zero-order valence-electron chi connectivity index (χ0n) is 21.2. The van der Waals surface area contributed by atoms with E-state index in [-0.39, 0.29) is 13.2 Å². The predicted molar refractivity (Wildman–Crippen MR) is 142 cm³/mol. The molecule has 2 N–H and O–H groups in total. The first-order valence-electron chi connectivity index (χ1n) is 12.1.